The molecule has 4 rings (SSSR count). The van der Waals surface area contributed by atoms with E-state index in [0.717, 1.165) is 12.1 Å². The average molecular weight is 459 g/mol. The molecule has 0 radical (unpaired) electrons. The molecule has 2 bridgehead atoms. The number of rotatable bonds is 5. The molecule has 178 valence electrons. The number of aliphatic hydroxyl groups excluding tert-OH is 1. The second-order valence-corrected chi connectivity index (χ2v) is 9.59. The second kappa shape index (κ2) is 8.09. The summed E-state index contributed by atoms with van der Waals surface area (Å²) in [6.45, 7) is 4.81. The fourth-order valence-corrected chi connectivity index (χ4v) is 5.08. The van der Waals surface area contributed by atoms with Crippen LogP contribution in [0.2, 0.25) is 0 Å². The summed E-state index contributed by atoms with van der Waals surface area (Å²) in [5.41, 5.74) is -3.46. The number of alkyl halides is 3. The van der Waals surface area contributed by atoms with E-state index in [1.807, 2.05) is 0 Å². The molecule has 3 N–H and O–H groups in total. The first kappa shape index (κ1) is 24.1. The van der Waals surface area contributed by atoms with Gasteiger partial charge in [-0.05, 0) is 58.9 Å². The van der Waals surface area contributed by atoms with Gasteiger partial charge in [-0.2, -0.15) is 13.2 Å². The highest BCUT2D eigenvalue weighted by Gasteiger charge is 2.60. The summed E-state index contributed by atoms with van der Waals surface area (Å²) in [4.78, 5) is 29.1. The fraction of sp³-hybridized carbons (Fsp3) is 0.667. The molecule has 1 aromatic heterocycles. The average Bonchev–Trinajstić information content (AvgIpc) is 2.66. The summed E-state index contributed by atoms with van der Waals surface area (Å²) in [7, 11) is 0. The van der Waals surface area contributed by atoms with Gasteiger partial charge in [0, 0.05) is 17.1 Å². The molecular weight excluding hydrogens is 431 g/mol. The number of aliphatic hydroxyl groups is 1. The molecule has 1 unspecified atom stereocenters. The number of hydrogen-bond donors (Lipinski definition) is 3. The lowest BCUT2D eigenvalue weighted by atomic mass is 9.58. The van der Waals surface area contributed by atoms with Crippen LogP contribution >= 0.6 is 0 Å². The molecule has 0 aliphatic heterocycles. The summed E-state index contributed by atoms with van der Waals surface area (Å²) >= 11 is 0. The Labute approximate surface area is 183 Å². The number of carbonyl (C=O) groups is 2. The molecule has 11 heteroatoms. The number of nitrogens with zero attached hydrogens (tertiary/aromatic N) is 2. The standard InChI is InChI=1S/C21H28F3N3O5/c1-18(2,3)27(17(30)31)20-9-7-19(8-10-20,11-14(20)28)26-15(29)12-32-16-6-4-5-13(25-16)21(22,23)24/h4-6,14,28H,7-12H2,1-3H3,(H,26,29)(H,30,31). The molecule has 1 aromatic rings. The van der Waals surface area contributed by atoms with Gasteiger partial charge in [0.25, 0.3) is 5.91 Å². The van der Waals surface area contributed by atoms with Crippen molar-refractivity contribution in [3.8, 4) is 5.88 Å². The molecule has 32 heavy (non-hydrogen) atoms. The topological polar surface area (TPSA) is 112 Å². The molecule has 8 nitrogen and oxygen atoms in total. The third kappa shape index (κ3) is 4.62. The molecule has 0 spiro atoms. The van der Waals surface area contributed by atoms with Crippen molar-refractivity contribution in [2.75, 3.05) is 6.61 Å². The van der Waals surface area contributed by atoms with Crippen LogP contribution in [0.5, 0.6) is 5.88 Å². The molecule has 2 amide bonds. The van der Waals surface area contributed by atoms with Crippen molar-refractivity contribution in [2.45, 2.75) is 81.8 Å². The Morgan fingerprint density at radius 1 is 1.22 bits per heavy atom. The molecule has 1 heterocycles. The molecule has 0 aromatic carbocycles. The van der Waals surface area contributed by atoms with Gasteiger partial charge in [0.15, 0.2) is 6.61 Å². The lowest BCUT2D eigenvalue weighted by molar-refractivity contribution is -0.145. The van der Waals surface area contributed by atoms with Gasteiger partial charge in [-0.15, -0.1) is 0 Å². The number of amides is 2. The van der Waals surface area contributed by atoms with Crippen LogP contribution in [0.4, 0.5) is 18.0 Å². The molecular formula is C21H28F3N3O5. The Morgan fingerprint density at radius 2 is 1.84 bits per heavy atom. The smallest absolute Gasteiger partial charge is 0.433 e. The predicted molar refractivity (Wildman–Crippen MR) is 107 cm³/mol. The number of aromatic nitrogens is 1. The number of ether oxygens (including phenoxy) is 1. The maximum absolute atomic E-state index is 12.8. The van der Waals surface area contributed by atoms with E-state index in [1.54, 1.807) is 20.8 Å². The Hall–Kier alpha value is -2.56. The van der Waals surface area contributed by atoms with Gasteiger partial charge in [-0.3, -0.25) is 9.69 Å². The van der Waals surface area contributed by atoms with Gasteiger partial charge in [-0.25, -0.2) is 9.78 Å². The summed E-state index contributed by atoms with van der Waals surface area (Å²) in [6.07, 6.45) is -4.80. The molecule has 3 aliphatic carbocycles. The van der Waals surface area contributed by atoms with Gasteiger partial charge >= 0.3 is 12.3 Å². The number of carbonyl (C=O) groups excluding carboxylic acids is 1. The molecule has 0 saturated heterocycles. The first-order chi connectivity index (χ1) is 14.7. The van der Waals surface area contributed by atoms with E-state index in [-0.39, 0.29) is 12.3 Å². The Bertz CT molecular complexity index is 876. The van der Waals surface area contributed by atoms with Crippen LogP contribution in [0.1, 0.15) is 58.6 Å². The number of halogens is 3. The number of fused-ring (bicyclic) bond motifs is 3. The largest absolute Gasteiger partial charge is 0.468 e. The lowest BCUT2D eigenvalue weighted by Crippen LogP contribution is -2.73. The van der Waals surface area contributed by atoms with E-state index in [1.165, 1.54) is 11.0 Å². The van der Waals surface area contributed by atoms with Gasteiger partial charge in [0.2, 0.25) is 5.88 Å². The molecule has 3 fully saturated rings. The van der Waals surface area contributed by atoms with Crippen molar-refractivity contribution in [2.24, 2.45) is 0 Å². The van der Waals surface area contributed by atoms with E-state index in [2.05, 4.69) is 10.3 Å². The first-order valence-electron chi connectivity index (χ1n) is 10.4. The number of carboxylic acid groups (broad SMARTS) is 1. The van der Waals surface area contributed by atoms with E-state index in [0.29, 0.717) is 25.7 Å². The zero-order valence-electron chi connectivity index (χ0n) is 18.2. The second-order valence-electron chi connectivity index (χ2n) is 9.59. The summed E-state index contributed by atoms with van der Waals surface area (Å²) < 4.78 is 43.4. The quantitative estimate of drug-likeness (QED) is 0.624. The third-order valence-electron chi connectivity index (χ3n) is 6.35. The zero-order valence-corrected chi connectivity index (χ0v) is 18.2. The van der Waals surface area contributed by atoms with Crippen molar-refractivity contribution in [3.63, 3.8) is 0 Å². The summed E-state index contributed by atoms with van der Waals surface area (Å²) in [6, 6.07) is 3.18. The van der Waals surface area contributed by atoms with Crippen LogP contribution in [0, 0.1) is 0 Å². The molecule has 3 saturated carbocycles. The van der Waals surface area contributed by atoms with Crippen molar-refractivity contribution < 1.29 is 37.7 Å². The van der Waals surface area contributed by atoms with Crippen LogP contribution in [-0.4, -0.2) is 61.4 Å². The van der Waals surface area contributed by atoms with Gasteiger partial charge in [0.1, 0.15) is 5.69 Å². The van der Waals surface area contributed by atoms with Crippen molar-refractivity contribution in [1.29, 1.82) is 0 Å². The normalized spacial score (nSPS) is 27.7. The van der Waals surface area contributed by atoms with Crippen molar-refractivity contribution in [3.05, 3.63) is 23.9 Å². The highest BCUT2D eigenvalue weighted by molar-refractivity contribution is 5.78. The maximum atomic E-state index is 12.8. The minimum absolute atomic E-state index is 0.181. The predicted octanol–water partition coefficient (Wildman–Crippen LogP) is 3.19. The number of pyridine rings is 1. The number of hydrogen-bond acceptors (Lipinski definition) is 5. The lowest BCUT2D eigenvalue weighted by Gasteiger charge is -2.61. The van der Waals surface area contributed by atoms with Crippen LogP contribution in [-0.2, 0) is 11.0 Å². The maximum Gasteiger partial charge on any atom is 0.433 e. The molecule has 3 aliphatic rings. The van der Waals surface area contributed by atoms with Crippen LogP contribution in [0.25, 0.3) is 0 Å². The monoisotopic (exact) mass is 459 g/mol. The zero-order chi connectivity index (χ0) is 23.9. The number of nitrogens with one attached hydrogen (secondary N) is 1. The summed E-state index contributed by atoms with van der Waals surface area (Å²) in [5, 5.41) is 23.6. The third-order valence-corrected chi connectivity index (χ3v) is 6.35. The van der Waals surface area contributed by atoms with Gasteiger partial charge in [0.05, 0.1) is 11.6 Å². The van der Waals surface area contributed by atoms with Crippen LogP contribution in [0.15, 0.2) is 18.2 Å². The van der Waals surface area contributed by atoms with E-state index < -0.39 is 53.2 Å². The van der Waals surface area contributed by atoms with E-state index >= 15 is 0 Å². The Morgan fingerprint density at radius 3 is 2.34 bits per heavy atom. The Kier molecular flexibility index (Phi) is 6.09. The van der Waals surface area contributed by atoms with Gasteiger partial charge in [-0.1, -0.05) is 6.07 Å². The van der Waals surface area contributed by atoms with E-state index in [4.69, 9.17) is 4.74 Å². The minimum atomic E-state index is -4.62. The van der Waals surface area contributed by atoms with Crippen LogP contribution < -0.4 is 10.1 Å². The fourth-order valence-electron chi connectivity index (χ4n) is 5.08. The van der Waals surface area contributed by atoms with E-state index in [9.17, 15) is 33.0 Å². The van der Waals surface area contributed by atoms with Crippen molar-refractivity contribution in [1.82, 2.24) is 15.2 Å². The molecule has 1 atom stereocenters. The minimum Gasteiger partial charge on any atom is -0.468 e. The first-order valence-corrected chi connectivity index (χ1v) is 10.4. The van der Waals surface area contributed by atoms with Crippen molar-refractivity contribution >= 4 is 12.0 Å². The highest BCUT2D eigenvalue weighted by atomic mass is 19.4. The summed E-state index contributed by atoms with van der Waals surface area (Å²) in [5.74, 6) is -0.863. The highest BCUT2D eigenvalue weighted by Crippen LogP contribution is 2.51. The van der Waals surface area contributed by atoms with Crippen LogP contribution in [0.3, 0.4) is 0 Å². The van der Waals surface area contributed by atoms with Gasteiger partial charge < -0.3 is 20.3 Å². The SMILES string of the molecule is CC(C)(C)N(C(=O)O)C12CCC(NC(=O)COc3cccc(C(F)(F)F)n3)(CC1)CC2O. The Balaban J connectivity index is 1.64.